The Morgan fingerprint density at radius 3 is 2.59 bits per heavy atom. The minimum Gasteiger partial charge on any atom is -0.369 e. The molecule has 17 heavy (non-hydrogen) atoms. The van der Waals surface area contributed by atoms with E-state index in [1.165, 1.54) is 5.69 Å². The first kappa shape index (κ1) is 12.7. The Morgan fingerprint density at radius 2 is 1.94 bits per heavy atom. The second-order valence-electron chi connectivity index (χ2n) is 5.73. The number of anilines is 1. The highest BCUT2D eigenvalue weighted by molar-refractivity contribution is 6.30. The van der Waals surface area contributed by atoms with E-state index in [0.717, 1.165) is 24.7 Å². The average Bonchev–Trinajstić information content (AvgIpc) is 2.39. The third kappa shape index (κ3) is 3.36. The topological polar surface area (TPSA) is 15.3 Å². The van der Waals surface area contributed by atoms with Crippen molar-refractivity contribution in [2.45, 2.75) is 26.3 Å². The van der Waals surface area contributed by atoms with E-state index in [9.17, 15) is 0 Å². The summed E-state index contributed by atoms with van der Waals surface area (Å²) in [6.45, 7) is 10.0. The molecule has 0 bridgehead atoms. The van der Waals surface area contributed by atoms with Gasteiger partial charge in [0.15, 0.2) is 0 Å². The Morgan fingerprint density at radius 1 is 1.29 bits per heavy atom. The highest BCUT2D eigenvalue weighted by atomic mass is 35.5. The van der Waals surface area contributed by atoms with Crippen molar-refractivity contribution in [2.24, 2.45) is 5.92 Å². The molecule has 1 heterocycles. The number of nitrogens with zero attached hydrogens (tertiary/aromatic N) is 1. The third-order valence-electron chi connectivity index (χ3n) is 3.24. The highest BCUT2D eigenvalue weighted by Crippen LogP contribution is 2.23. The van der Waals surface area contributed by atoms with E-state index >= 15 is 0 Å². The van der Waals surface area contributed by atoms with Crippen LogP contribution in [0.25, 0.3) is 0 Å². The Hall–Kier alpha value is -0.730. The summed E-state index contributed by atoms with van der Waals surface area (Å²) >= 11 is 5.94. The lowest BCUT2D eigenvalue weighted by molar-refractivity contribution is 0.402. The second kappa shape index (κ2) is 4.87. The third-order valence-corrected chi connectivity index (χ3v) is 3.49. The van der Waals surface area contributed by atoms with Crippen molar-refractivity contribution in [1.82, 2.24) is 5.32 Å². The molecule has 0 aromatic heterocycles. The van der Waals surface area contributed by atoms with Gasteiger partial charge in [0.2, 0.25) is 0 Å². The minimum absolute atomic E-state index is 0.157. The maximum absolute atomic E-state index is 5.94. The molecule has 1 unspecified atom stereocenters. The summed E-state index contributed by atoms with van der Waals surface area (Å²) in [5.74, 6) is 0.660. The summed E-state index contributed by atoms with van der Waals surface area (Å²) in [4.78, 5) is 2.45. The smallest absolute Gasteiger partial charge is 0.0407 e. The molecule has 2 nitrogen and oxygen atoms in total. The predicted molar refractivity (Wildman–Crippen MR) is 74.9 cm³/mol. The average molecular weight is 253 g/mol. The molecule has 2 rings (SSSR count). The van der Waals surface area contributed by atoms with Crippen LogP contribution < -0.4 is 10.2 Å². The molecule has 1 aliphatic heterocycles. The van der Waals surface area contributed by atoms with Gasteiger partial charge in [0.1, 0.15) is 0 Å². The molecule has 1 N–H and O–H groups in total. The summed E-state index contributed by atoms with van der Waals surface area (Å²) in [5, 5.41) is 4.41. The normalized spacial score (nSPS) is 24.5. The molecule has 0 saturated carbocycles. The molecule has 1 saturated heterocycles. The maximum Gasteiger partial charge on any atom is 0.0407 e. The van der Waals surface area contributed by atoms with E-state index in [-0.39, 0.29) is 5.54 Å². The minimum atomic E-state index is 0.157. The van der Waals surface area contributed by atoms with E-state index in [1.807, 2.05) is 12.1 Å². The fourth-order valence-corrected chi connectivity index (χ4v) is 2.46. The molecule has 1 atom stereocenters. The van der Waals surface area contributed by atoms with Crippen LogP contribution in [0.5, 0.6) is 0 Å². The van der Waals surface area contributed by atoms with Crippen LogP contribution >= 0.6 is 11.6 Å². The van der Waals surface area contributed by atoms with Crippen LogP contribution in [0.2, 0.25) is 5.02 Å². The van der Waals surface area contributed by atoms with Gasteiger partial charge in [-0.2, -0.15) is 0 Å². The quantitative estimate of drug-likeness (QED) is 0.826. The Labute approximate surface area is 109 Å². The van der Waals surface area contributed by atoms with Gasteiger partial charge in [-0.1, -0.05) is 18.5 Å². The van der Waals surface area contributed by atoms with Crippen molar-refractivity contribution in [3.8, 4) is 0 Å². The van der Waals surface area contributed by atoms with Crippen molar-refractivity contribution in [1.29, 1.82) is 0 Å². The number of hydrogen-bond acceptors (Lipinski definition) is 2. The lowest BCUT2D eigenvalue weighted by Gasteiger charge is -2.31. The van der Waals surface area contributed by atoms with Crippen molar-refractivity contribution < 1.29 is 0 Å². The second-order valence-corrected chi connectivity index (χ2v) is 6.16. The first-order valence-corrected chi connectivity index (χ1v) is 6.60. The van der Waals surface area contributed by atoms with Gasteiger partial charge < -0.3 is 10.2 Å². The predicted octanol–water partition coefficient (Wildman–Crippen LogP) is 3.16. The van der Waals surface area contributed by atoms with Gasteiger partial charge in [-0.3, -0.25) is 0 Å². The SMILES string of the molecule is CC1CNC(C)(C)CN(c2ccc(Cl)cc2)C1. The standard InChI is InChI=1S/C14H21ClN2/c1-11-8-16-14(2,3)10-17(9-11)13-6-4-12(15)5-7-13/h4-7,11,16H,8-10H2,1-3H3. The van der Waals surface area contributed by atoms with Crippen LogP contribution in [0.1, 0.15) is 20.8 Å². The fourth-order valence-electron chi connectivity index (χ4n) is 2.34. The Bertz CT molecular complexity index is 372. The zero-order chi connectivity index (χ0) is 12.5. The molecule has 0 radical (unpaired) electrons. The van der Waals surface area contributed by atoms with Gasteiger partial charge in [-0.05, 0) is 50.6 Å². The first-order valence-electron chi connectivity index (χ1n) is 6.22. The van der Waals surface area contributed by atoms with Gasteiger partial charge in [0, 0.05) is 29.3 Å². The van der Waals surface area contributed by atoms with Crippen LogP contribution in [0.15, 0.2) is 24.3 Å². The molecule has 3 heteroatoms. The van der Waals surface area contributed by atoms with Gasteiger partial charge in [-0.15, -0.1) is 0 Å². The van der Waals surface area contributed by atoms with Crippen LogP contribution in [0, 0.1) is 5.92 Å². The van der Waals surface area contributed by atoms with Crippen LogP contribution in [-0.2, 0) is 0 Å². The summed E-state index contributed by atoms with van der Waals surface area (Å²) in [5.41, 5.74) is 1.42. The summed E-state index contributed by atoms with van der Waals surface area (Å²) in [6.07, 6.45) is 0. The zero-order valence-corrected chi connectivity index (χ0v) is 11.6. The summed E-state index contributed by atoms with van der Waals surface area (Å²) < 4.78 is 0. The monoisotopic (exact) mass is 252 g/mol. The van der Waals surface area contributed by atoms with E-state index < -0.39 is 0 Å². The molecule has 0 spiro atoms. The van der Waals surface area contributed by atoms with Crippen molar-refractivity contribution >= 4 is 17.3 Å². The molecule has 94 valence electrons. The number of nitrogens with one attached hydrogen (secondary N) is 1. The summed E-state index contributed by atoms with van der Waals surface area (Å²) in [7, 11) is 0. The molecule has 1 fully saturated rings. The number of halogens is 1. The van der Waals surface area contributed by atoms with Gasteiger partial charge in [0.25, 0.3) is 0 Å². The maximum atomic E-state index is 5.94. The van der Waals surface area contributed by atoms with E-state index in [1.54, 1.807) is 0 Å². The first-order chi connectivity index (χ1) is 7.96. The fraction of sp³-hybridized carbons (Fsp3) is 0.571. The number of hydrogen-bond donors (Lipinski definition) is 1. The lowest BCUT2D eigenvalue weighted by Crippen LogP contribution is -2.46. The van der Waals surface area contributed by atoms with Crippen LogP contribution in [0.4, 0.5) is 5.69 Å². The summed E-state index contributed by atoms with van der Waals surface area (Å²) in [6, 6.07) is 8.15. The number of rotatable bonds is 1. The number of benzene rings is 1. The molecular formula is C14H21ClN2. The largest absolute Gasteiger partial charge is 0.369 e. The molecular weight excluding hydrogens is 232 g/mol. The van der Waals surface area contributed by atoms with Crippen molar-refractivity contribution in [2.75, 3.05) is 24.5 Å². The zero-order valence-electron chi connectivity index (χ0n) is 10.8. The molecule has 1 aliphatic rings. The molecule has 1 aromatic carbocycles. The Kier molecular flexibility index (Phi) is 3.64. The van der Waals surface area contributed by atoms with E-state index in [0.29, 0.717) is 5.92 Å². The lowest BCUT2D eigenvalue weighted by atomic mass is 10.1. The van der Waals surface area contributed by atoms with Crippen molar-refractivity contribution in [3.05, 3.63) is 29.3 Å². The van der Waals surface area contributed by atoms with Gasteiger partial charge >= 0.3 is 0 Å². The van der Waals surface area contributed by atoms with E-state index in [2.05, 4.69) is 43.1 Å². The van der Waals surface area contributed by atoms with E-state index in [4.69, 9.17) is 11.6 Å². The molecule has 0 aliphatic carbocycles. The van der Waals surface area contributed by atoms with Crippen LogP contribution in [0.3, 0.4) is 0 Å². The van der Waals surface area contributed by atoms with Gasteiger partial charge in [0.05, 0.1) is 0 Å². The molecule has 0 amide bonds. The molecule has 1 aromatic rings. The Balaban J connectivity index is 2.20. The van der Waals surface area contributed by atoms with Crippen LogP contribution in [-0.4, -0.2) is 25.2 Å². The highest BCUT2D eigenvalue weighted by Gasteiger charge is 2.26. The van der Waals surface area contributed by atoms with Crippen molar-refractivity contribution in [3.63, 3.8) is 0 Å². The van der Waals surface area contributed by atoms with Gasteiger partial charge in [-0.25, -0.2) is 0 Å².